The fourth-order valence-electron chi connectivity index (χ4n) is 4.50. The van der Waals surface area contributed by atoms with Crippen LogP contribution < -0.4 is 0 Å². The molecule has 1 aliphatic rings. The minimum Gasteiger partial charge on any atom is -0.405 e. The molecule has 2 aromatic rings. The number of benzene rings is 2. The maximum absolute atomic E-state index is 13.1. The predicted molar refractivity (Wildman–Crippen MR) is 137 cm³/mol. The van der Waals surface area contributed by atoms with Crippen LogP contribution in [0.15, 0.2) is 70.8 Å². The molecular formula is C28H36N4O2. The zero-order valence-corrected chi connectivity index (χ0v) is 20.1. The SMILES string of the molecule is [N-]=[N+]=NCCCCCCCCCCCCC1(Cc2ccccc2)N=C(c2ccccc2)OC1=O. The van der Waals surface area contributed by atoms with Gasteiger partial charge in [0, 0.05) is 23.4 Å². The number of azide groups is 1. The van der Waals surface area contributed by atoms with E-state index in [1.54, 1.807) is 0 Å². The molecule has 0 amide bonds. The van der Waals surface area contributed by atoms with E-state index >= 15 is 0 Å². The van der Waals surface area contributed by atoms with Crippen LogP contribution in [0.5, 0.6) is 0 Å². The van der Waals surface area contributed by atoms with E-state index in [4.69, 9.17) is 15.3 Å². The van der Waals surface area contributed by atoms with Gasteiger partial charge in [-0.2, -0.15) is 0 Å². The number of cyclic esters (lactones) is 1. The van der Waals surface area contributed by atoms with Crippen molar-refractivity contribution in [2.75, 3.05) is 6.54 Å². The van der Waals surface area contributed by atoms with Crippen LogP contribution >= 0.6 is 0 Å². The molecule has 0 saturated heterocycles. The molecule has 180 valence electrons. The van der Waals surface area contributed by atoms with Crippen molar-refractivity contribution in [3.63, 3.8) is 0 Å². The molecule has 1 atom stereocenters. The van der Waals surface area contributed by atoms with Crippen molar-refractivity contribution in [1.29, 1.82) is 0 Å². The summed E-state index contributed by atoms with van der Waals surface area (Å²) in [6.45, 7) is 0.618. The van der Waals surface area contributed by atoms with Crippen molar-refractivity contribution in [1.82, 2.24) is 0 Å². The highest BCUT2D eigenvalue weighted by Crippen LogP contribution is 2.32. The van der Waals surface area contributed by atoms with Gasteiger partial charge in [0.15, 0.2) is 5.54 Å². The van der Waals surface area contributed by atoms with Crippen molar-refractivity contribution in [2.45, 2.75) is 82.6 Å². The minimum absolute atomic E-state index is 0.226. The maximum atomic E-state index is 13.1. The first-order chi connectivity index (χ1) is 16.7. The lowest BCUT2D eigenvalue weighted by Gasteiger charge is -2.22. The molecule has 6 nitrogen and oxygen atoms in total. The van der Waals surface area contributed by atoms with Crippen LogP contribution in [0.1, 0.15) is 81.8 Å². The van der Waals surface area contributed by atoms with Gasteiger partial charge in [-0.3, -0.25) is 0 Å². The number of rotatable bonds is 16. The molecule has 1 aliphatic heterocycles. The Labute approximate surface area is 203 Å². The van der Waals surface area contributed by atoms with Crippen LogP contribution in [0.4, 0.5) is 0 Å². The number of carbonyl (C=O) groups is 1. The summed E-state index contributed by atoms with van der Waals surface area (Å²) >= 11 is 0. The number of unbranched alkanes of at least 4 members (excludes halogenated alkanes) is 9. The van der Waals surface area contributed by atoms with Crippen LogP contribution in [0.2, 0.25) is 0 Å². The lowest BCUT2D eigenvalue weighted by atomic mass is 9.86. The van der Waals surface area contributed by atoms with Crippen molar-refractivity contribution in [3.8, 4) is 0 Å². The molecule has 0 aliphatic carbocycles. The van der Waals surface area contributed by atoms with E-state index in [-0.39, 0.29) is 5.97 Å². The molecule has 0 aromatic heterocycles. The molecule has 34 heavy (non-hydrogen) atoms. The van der Waals surface area contributed by atoms with Gasteiger partial charge in [0.2, 0.25) is 5.90 Å². The Bertz CT molecular complexity index is 955. The zero-order valence-electron chi connectivity index (χ0n) is 20.1. The van der Waals surface area contributed by atoms with Crippen molar-refractivity contribution >= 4 is 11.9 Å². The lowest BCUT2D eigenvalue weighted by Crippen LogP contribution is -2.36. The van der Waals surface area contributed by atoms with E-state index in [0.717, 1.165) is 36.8 Å². The van der Waals surface area contributed by atoms with E-state index in [9.17, 15) is 4.79 Å². The fraction of sp³-hybridized carbons (Fsp3) is 0.500. The van der Waals surface area contributed by atoms with E-state index < -0.39 is 5.54 Å². The van der Waals surface area contributed by atoms with Gasteiger partial charge in [-0.25, -0.2) is 9.79 Å². The van der Waals surface area contributed by atoms with Crippen LogP contribution in [-0.4, -0.2) is 24.0 Å². The summed E-state index contributed by atoms with van der Waals surface area (Å²) < 4.78 is 5.69. The summed E-state index contributed by atoms with van der Waals surface area (Å²) in [7, 11) is 0. The molecule has 0 saturated carbocycles. The van der Waals surface area contributed by atoms with Crippen LogP contribution in [0, 0.1) is 0 Å². The smallest absolute Gasteiger partial charge is 0.341 e. The normalized spacial score (nSPS) is 17.2. The molecule has 0 radical (unpaired) electrons. The number of ether oxygens (including phenoxy) is 1. The van der Waals surface area contributed by atoms with Crippen molar-refractivity contribution < 1.29 is 9.53 Å². The third kappa shape index (κ3) is 8.03. The summed E-state index contributed by atoms with van der Waals surface area (Å²) in [6, 6.07) is 19.8. The largest absolute Gasteiger partial charge is 0.405 e. The molecule has 0 N–H and O–H groups in total. The van der Waals surface area contributed by atoms with Gasteiger partial charge in [0.05, 0.1) is 0 Å². The van der Waals surface area contributed by atoms with Gasteiger partial charge in [-0.1, -0.05) is 111 Å². The summed E-state index contributed by atoms with van der Waals surface area (Å²) in [4.78, 5) is 20.7. The lowest BCUT2D eigenvalue weighted by molar-refractivity contribution is -0.139. The molecule has 0 bridgehead atoms. The Morgan fingerprint density at radius 1 is 0.794 bits per heavy atom. The predicted octanol–water partition coefficient (Wildman–Crippen LogP) is 7.57. The number of hydrogen-bond donors (Lipinski definition) is 0. The van der Waals surface area contributed by atoms with E-state index in [1.807, 2.05) is 48.5 Å². The highest BCUT2D eigenvalue weighted by Gasteiger charge is 2.45. The molecule has 0 fully saturated rings. The van der Waals surface area contributed by atoms with Crippen LogP contribution in [0.25, 0.3) is 10.4 Å². The number of carbonyl (C=O) groups excluding carboxylic acids is 1. The van der Waals surface area contributed by atoms with E-state index in [0.29, 0.717) is 25.3 Å². The first-order valence-electron chi connectivity index (χ1n) is 12.7. The van der Waals surface area contributed by atoms with Crippen molar-refractivity contribution in [3.05, 3.63) is 82.2 Å². The number of esters is 1. The Kier molecular flexibility index (Phi) is 10.7. The highest BCUT2D eigenvalue weighted by atomic mass is 16.6. The average molecular weight is 461 g/mol. The molecule has 1 unspecified atom stereocenters. The van der Waals surface area contributed by atoms with Gasteiger partial charge >= 0.3 is 5.97 Å². The highest BCUT2D eigenvalue weighted by molar-refractivity contribution is 6.08. The number of nitrogens with zero attached hydrogens (tertiary/aromatic N) is 4. The molecule has 0 spiro atoms. The summed E-state index contributed by atoms with van der Waals surface area (Å²) in [5.74, 6) is 0.219. The second-order valence-electron chi connectivity index (χ2n) is 9.11. The molecule has 2 aromatic carbocycles. The average Bonchev–Trinajstić information content (AvgIpc) is 3.19. The third-order valence-electron chi connectivity index (χ3n) is 6.41. The third-order valence-corrected chi connectivity index (χ3v) is 6.41. The maximum Gasteiger partial charge on any atom is 0.341 e. The van der Waals surface area contributed by atoms with Gasteiger partial charge < -0.3 is 4.74 Å². The van der Waals surface area contributed by atoms with Crippen LogP contribution in [-0.2, 0) is 16.0 Å². The Morgan fingerprint density at radius 2 is 1.35 bits per heavy atom. The second-order valence-corrected chi connectivity index (χ2v) is 9.11. The second kappa shape index (κ2) is 14.2. The summed E-state index contributed by atoms with van der Waals surface area (Å²) in [5.41, 5.74) is 9.40. The van der Waals surface area contributed by atoms with Gasteiger partial charge in [-0.15, -0.1) is 0 Å². The van der Waals surface area contributed by atoms with Crippen molar-refractivity contribution in [2.24, 2.45) is 10.1 Å². The number of aliphatic imine (C=N–C) groups is 1. The molecule has 6 heteroatoms. The summed E-state index contributed by atoms with van der Waals surface area (Å²) in [6.07, 6.45) is 12.9. The Balaban J connectivity index is 1.45. The molecule has 1 heterocycles. The monoisotopic (exact) mass is 460 g/mol. The zero-order chi connectivity index (χ0) is 23.9. The molecular weight excluding hydrogens is 424 g/mol. The number of hydrogen-bond acceptors (Lipinski definition) is 4. The van der Waals surface area contributed by atoms with E-state index in [1.165, 1.54) is 38.5 Å². The Hall–Kier alpha value is -3.11. The summed E-state index contributed by atoms with van der Waals surface area (Å²) in [5, 5.41) is 3.57. The standard InChI is InChI=1S/C28H36N4O2/c29-32-30-22-16-8-6-4-2-1-3-5-7-15-21-28(23-24-17-11-9-12-18-24)27(33)34-26(31-28)25-19-13-10-14-20-25/h9-14,17-20H,1-8,15-16,21-23H2. The van der Waals surface area contributed by atoms with Crippen LogP contribution in [0.3, 0.4) is 0 Å². The topological polar surface area (TPSA) is 87.4 Å². The van der Waals surface area contributed by atoms with Gasteiger partial charge in [0.1, 0.15) is 0 Å². The van der Waals surface area contributed by atoms with Gasteiger partial charge in [0.25, 0.3) is 0 Å². The quantitative estimate of drug-likeness (QED) is 0.0850. The Morgan fingerprint density at radius 3 is 1.97 bits per heavy atom. The molecule has 3 rings (SSSR count). The first kappa shape index (κ1) is 25.5. The van der Waals surface area contributed by atoms with Gasteiger partial charge in [-0.05, 0) is 36.1 Å². The van der Waals surface area contributed by atoms with E-state index in [2.05, 4.69) is 22.2 Å². The first-order valence-corrected chi connectivity index (χ1v) is 12.7. The fourth-order valence-corrected chi connectivity index (χ4v) is 4.50. The minimum atomic E-state index is -0.831.